The van der Waals surface area contributed by atoms with Crippen molar-refractivity contribution in [2.24, 2.45) is 5.92 Å². The van der Waals surface area contributed by atoms with Gasteiger partial charge in [0.1, 0.15) is 17.1 Å². The number of carboxylic acid groups (broad SMARTS) is 1. The number of rotatable bonds is 11. The van der Waals surface area contributed by atoms with E-state index in [1.807, 2.05) is 26.0 Å². The molecular formula is C28H38O4. The Morgan fingerprint density at radius 2 is 1.94 bits per heavy atom. The highest BCUT2D eigenvalue weighted by Crippen LogP contribution is 2.38. The summed E-state index contributed by atoms with van der Waals surface area (Å²) < 4.78 is 6.28. The molecule has 1 aromatic rings. The van der Waals surface area contributed by atoms with Gasteiger partial charge in [0.15, 0.2) is 0 Å². The number of allylic oxidation sites excluding steroid dienone is 4. The maximum atomic E-state index is 11.5. The van der Waals surface area contributed by atoms with E-state index in [1.54, 1.807) is 12.1 Å². The third-order valence-corrected chi connectivity index (χ3v) is 6.26. The van der Waals surface area contributed by atoms with Gasteiger partial charge < -0.3 is 14.9 Å². The lowest BCUT2D eigenvalue weighted by atomic mass is 9.93. The van der Waals surface area contributed by atoms with Crippen LogP contribution in [0.3, 0.4) is 0 Å². The summed E-state index contributed by atoms with van der Waals surface area (Å²) in [7, 11) is 0. The highest BCUT2D eigenvalue weighted by atomic mass is 16.5. The minimum atomic E-state index is -0.821. The fourth-order valence-electron chi connectivity index (χ4n) is 3.81. The van der Waals surface area contributed by atoms with Crippen molar-refractivity contribution in [2.45, 2.75) is 78.7 Å². The van der Waals surface area contributed by atoms with Gasteiger partial charge in [0.05, 0.1) is 0 Å². The van der Waals surface area contributed by atoms with Crippen molar-refractivity contribution < 1.29 is 19.7 Å². The number of phenols is 1. The summed E-state index contributed by atoms with van der Waals surface area (Å²) >= 11 is 0. The number of hydrogen-bond donors (Lipinski definition) is 2. The van der Waals surface area contributed by atoms with Crippen LogP contribution in [0.2, 0.25) is 0 Å². The van der Waals surface area contributed by atoms with E-state index in [1.165, 1.54) is 5.57 Å². The summed E-state index contributed by atoms with van der Waals surface area (Å²) in [6, 6.07) is 3.45. The molecule has 0 fully saturated rings. The zero-order valence-corrected chi connectivity index (χ0v) is 20.2. The first kappa shape index (κ1) is 25.5. The van der Waals surface area contributed by atoms with Gasteiger partial charge >= 0.3 is 5.97 Å². The van der Waals surface area contributed by atoms with E-state index < -0.39 is 5.97 Å². The monoisotopic (exact) mass is 438 g/mol. The predicted octanol–water partition coefficient (Wildman–Crippen LogP) is 7.38. The third-order valence-electron chi connectivity index (χ3n) is 6.26. The maximum Gasteiger partial charge on any atom is 0.331 e. The summed E-state index contributed by atoms with van der Waals surface area (Å²) in [6.45, 7) is 14.1. The van der Waals surface area contributed by atoms with Gasteiger partial charge in [-0.1, -0.05) is 42.9 Å². The van der Waals surface area contributed by atoms with Crippen LogP contribution in [0.4, 0.5) is 0 Å². The minimum absolute atomic E-state index is 0.252. The number of aryl methyl sites for hydroxylation is 1. The second-order valence-electron chi connectivity index (χ2n) is 9.38. The van der Waals surface area contributed by atoms with E-state index >= 15 is 0 Å². The summed E-state index contributed by atoms with van der Waals surface area (Å²) in [5, 5.41) is 19.2. The average molecular weight is 439 g/mol. The Morgan fingerprint density at radius 1 is 1.22 bits per heavy atom. The lowest BCUT2D eigenvalue weighted by molar-refractivity contribution is -0.132. The van der Waals surface area contributed by atoms with Gasteiger partial charge in [-0.25, -0.2) is 4.79 Å². The first-order chi connectivity index (χ1) is 15.0. The van der Waals surface area contributed by atoms with Crippen molar-refractivity contribution in [1.29, 1.82) is 0 Å². The molecule has 2 atom stereocenters. The van der Waals surface area contributed by atoms with Gasteiger partial charge in [-0.3, -0.25) is 0 Å². The summed E-state index contributed by atoms with van der Waals surface area (Å²) in [5.41, 5.74) is 4.30. The van der Waals surface area contributed by atoms with Gasteiger partial charge in [0.25, 0.3) is 0 Å². The van der Waals surface area contributed by atoms with Gasteiger partial charge in [-0.15, -0.1) is 0 Å². The number of carbonyl (C=O) groups is 1. The molecular weight excluding hydrogens is 400 g/mol. The Balaban J connectivity index is 1.87. The zero-order chi connectivity index (χ0) is 23.9. The quantitative estimate of drug-likeness (QED) is 0.279. The topological polar surface area (TPSA) is 66.8 Å². The van der Waals surface area contributed by atoms with E-state index in [-0.39, 0.29) is 11.4 Å². The van der Waals surface area contributed by atoms with Crippen LogP contribution >= 0.6 is 0 Å². The number of ether oxygens (including phenoxy) is 1. The molecule has 32 heavy (non-hydrogen) atoms. The molecule has 0 bridgehead atoms. The maximum absolute atomic E-state index is 11.5. The molecule has 0 radical (unpaired) electrons. The molecule has 4 nitrogen and oxygen atoms in total. The van der Waals surface area contributed by atoms with E-state index in [0.717, 1.165) is 54.6 Å². The molecule has 2 N–H and O–H groups in total. The second kappa shape index (κ2) is 11.2. The Morgan fingerprint density at radius 3 is 2.59 bits per heavy atom. The first-order valence-corrected chi connectivity index (χ1v) is 11.5. The Labute approximate surface area is 193 Å². The third kappa shape index (κ3) is 7.44. The predicted molar refractivity (Wildman–Crippen MR) is 132 cm³/mol. The number of fused-ring (bicyclic) bond motifs is 1. The molecule has 0 amide bonds. The molecule has 1 aromatic carbocycles. The van der Waals surface area contributed by atoms with Crippen molar-refractivity contribution in [3.8, 4) is 11.5 Å². The van der Waals surface area contributed by atoms with Crippen LogP contribution in [0.15, 0.2) is 53.7 Å². The number of hydrogen-bond acceptors (Lipinski definition) is 3. The standard InChI is InChI=1S/C28H38O4/c1-19(2)21(4)12-13-23(27(30)31)11-7-9-20(3)10-8-15-28(6)16-14-24-18-25(29)17-22(5)26(24)32-28/h10-11,14,16-18,21,29H,1,7-9,12-13,15H2,2-6H3,(H,30,31). The van der Waals surface area contributed by atoms with E-state index in [2.05, 4.69) is 39.5 Å². The minimum Gasteiger partial charge on any atom is -0.508 e. The van der Waals surface area contributed by atoms with Crippen molar-refractivity contribution in [2.75, 3.05) is 0 Å². The Hall–Kier alpha value is -2.75. The van der Waals surface area contributed by atoms with Crippen molar-refractivity contribution in [3.63, 3.8) is 0 Å². The number of carboxylic acids is 1. The molecule has 1 aliphatic rings. The van der Waals surface area contributed by atoms with Crippen LogP contribution in [0, 0.1) is 12.8 Å². The summed E-state index contributed by atoms with van der Waals surface area (Å²) in [4.78, 5) is 11.5. The molecule has 0 aliphatic carbocycles. The fraction of sp³-hybridized carbons (Fsp3) is 0.464. The molecule has 174 valence electrons. The van der Waals surface area contributed by atoms with Crippen LogP contribution < -0.4 is 4.74 Å². The molecule has 0 spiro atoms. The SMILES string of the molecule is C=C(C)C(C)CCC(=CCCC(C)=CCCC1(C)C=Cc2cc(O)cc(C)c2O1)C(=O)O. The molecule has 0 saturated heterocycles. The van der Waals surface area contributed by atoms with Gasteiger partial charge in [-0.05, 0) is 95.9 Å². The van der Waals surface area contributed by atoms with Gasteiger partial charge in [0, 0.05) is 11.1 Å². The van der Waals surface area contributed by atoms with E-state index in [9.17, 15) is 15.0 Å². The van der Waals surface area contributed by atoms with E-state index in [0.29, 0.717) is 17.9 Å². The number of benzene rings is 1. The van der Waals surface area contributed by atoms with Crippen molar-refractivity contribution >= 4 is 12.0 Å². The van der Waals surface area contributed by atoms with Crippen LogP contribution in [0.1, 0.15) is 77.3 Å². The lowest BCUT2D eigenvalue weighted by Crippen LogP contribution is -2.32. The number of phenolic OH excluding ortho intramolecular Hbond substituents is 1. The fourth-order valence-corrected chi connectivity index (χ4v) is 3.81. The van der Waals surface area contributed by atoms with Gasteiger partial charge in [0.2, 0.25) is 0 Å². The number of aromatic hydroxyl groups is 1. The van der Waals surface area contributed by atoms with Crippen LogP contribution in [0.5, 0.6) is 11.5 Å². The number of aliphatic carboxylic acids is 1. The van der Waals surface area contributed by atoms with Gasteiger partial charge in [-0.2, -0.15) is 0 Å². The molecule has 1 aliphatic heterocycles. The molecule has 0 aromatic heterocycles. The molecule has 2 unspecified atom stereocenters. The highest BCUT2D eigenvalue weighted by molar-refractivity contribution is 5.86. The largest absolute Gasteiger partial charge is 0.508 e. The molecule has 4 heteroatoms. The Kier molecular flexibility index (Phi) is 8.94. The highest BCUT2D eigenvalue weighted by Gasteiger charge is 2.27. The zero-order valence-electron chi connectivity index (χ0n) is 20.2. The van der Waals surface area contributed by atoms with E-state index in [4.69, 9.17) is 4.74 Å². The molecule has 2 rings (SSSR count). The first-order valence-electron chi connectivity index (χ1n) is 11.5. The molecule has 0 saturated carbocycles. The van der Waals surface area contributed by atoms with Crippen molar-refractivity contribution in [3.05, 3.63) is 64.8 Å². The summed E-state index contributed by atoms with van der Waals surface area (Å²) in [5.74, 6) is 0.597. The molecule has 1 heterocycles. The lowest BCUT2D eigenvalue weighted by Gasteiger charge is -2.32. The van der Waals surface area contributed by atoms with Crippen LogP contribution in [-0.4, -0.2) is 21.8 Å². The smallest absolute Gasteiger partial charge is 0.331 e. The Bertz CT molecular complexity index is 935. The summed E-state index contributed by atoms with van der Waals surface area (Å²) in [6.07, 6.45) is 12.9. The van der Waals surface area contributed by atoms with Crippen molar-refractivity contribution in [1.82, 2.24) is 0 Å². The van der Waals surface area contributed by atoms with Crippen LogP contribution in [0.25, 0.3) is 6.08 Å². The van der Waals surface area contributed by atoms with Crippen LogP contribution in [-0.2, 0) is 4.79 Å². The normalized spacial score (nSPS) is 19.3. The average Bonchev–Trinajstić information content (AvgIpc) is 2.70. The second-order valence-corrected chi connectivity index (χ2v) is 9.38.